The van der Waals surface area contributed by atoms with Gasteiger partial charge in [0, 0.05) is 6.20 Å². The second-order valence-electron chi connectivity index (χ2n) is 5.27. The highest BCUT2D eigenvalue weighted by atomic mass is 16.6. The first-order valence-corrected chi connectivity index (χ1v) is 6.22. The van der Waals surface area contributed by atoms with Crippen molar-refractivity contribution in [2.45, 2.75) is 26.4 Å². The lowest BCUT2D eigenvalue weighted by Crippen LogP contribution is -2.27. The Labute approximate surface area is 120 Å². The summed E-state index contributed by atoms with van der Waals surface area (Å²) in [4.78, 5) is 34.1. The maximum atomic E-state index is 11.8. The first kappa shape index (κ1) is 14.8. The van der Waals surface area contributed by atoms with Gasteiger partial charge in [0.05, 0.1) is 12.8 Å². The first-order valence-electron chi connectivity index (χ1n) is 6.22. The summed E-state index contributed by atoms with van der Waals surface area (Å²) in [6.07, 6.45) is 2.12. The van der Waals surface area contributed by atoms with Crippen LogP contribution in [0.15, 0.2) is 12.5 Å². The van der Waals surface area contributed by atoms with Crippen molar-refractivity contribution in [1.82, 2.24) is 15.0 Å². The van der Waals surface area contributed by atoms with Gasteiger partial charge in [-0.05, 0) is 20.8 Å². The highest BCUT2D eigenvalue weighted by Crippen LogP contribution is 2.23. The van der Waals surface area contributed by atoms with Crippen LogP contribution in [0.1, 0.15) is 31.3 Å². The molecule has 1 amide bonds. The van der Waals surface area contributed by atoms with E-state index in [-0.39, 0.29) is 5.69 Å². The van der Waals surface area contributed by atoms with E-state index >= 15 is 0 Å². The van der Waals surface area contributed by atoms with Crippen LogP contribution in [0.5, 0.6) is 0 Å². The van der Waals surface area contributed by atoms with Crippen molar-refractivity contribution in [1.29, 1.82) is 0 Å². The van der Waals surface area contributed by atoms with Crippen LogP contribution in [-0.4, -0.2) is 39.7 Å². The van der Waals surface area contributed by atoms with Crippen molar-refractivity contribution in [3.05, 3.63) is 18.2 Å². The molecule has 112 valence electrons. The lowest BCUT2D eigenvalue weighted by molar-refractivity contribution is 0.0594. The summed E-state index contributed by atoms with van der Waals surface area (Å²) in [7, 11) is 1.26. The zero-order valence-electron chi connectivity index (χ0n) is 12.2. The molecule has 0 fully saturated rings. The fourth-order valence-electron chi connectivity index (χ4n) is 1.70. The van der Waals surface area contributed by atoms with Crippen molar-refractivity contribution in [2.24, 2.45) is 0 Å². The van der Waals surface area contributed by atoms with Gasteiger partial charge in [0.2, 0.25) is 0 Å². The van der Waals surface area contributed by atoms with Crippen LogP contribution >= 0.6 is 0 Å². The normalized spacial score (nSPS) is 11.2. The Morgan fingerprint density at radius 1 is 1.29 bits per heavy atom. The summed E-state index contributed by atoms with van der Waals surface area (Å²) in [5.41, 5.74) is 0.667. The SMILES string of the molecule is COC(=O)c1ncnc2c(NC(=O)OC(C)(C)C)c[nH]c12. The number of hydrogen-bond acceptors (Lipinski definition) is 6. The van der Waals surface area contributed by atoms with E-state index in [1.807, 2.05) is 0 Å². The number of nitrogens with one attached hydrogen (secondary N) is 2. The Balaban J connectivity index is 2.31. The van der Waals surface area contributed by atoms with Gasteiger partial charge in [-0.25, -0.2) is 19.6 Å². The Hall–Kier alpha value is -2.64. The molecule has 8 heteroatoms. The van der Waals surface area contributed by atoms with Gasteiger partial charge in [0.25, 0.3) is 0 Å². The topological polar surface area (TPSA) is 106 Å². The molecule has 0 aliphatic heterocycles. The zero-order chi connectivity index (χ0) is 15.6. The van der Waals surface area contributed by atoms with Gasteiger partial charge in [-0.1, -0.05) is 0 Å². The lowest BCUT2D eigenvalue weighted by atomic mass is 10.2. The number of fused-ring (bicyclic) bond motifs is 1. The molecule has 0 radical (unpaired) electrons. The molecule has 0 bridgehead atoms. The highest BCUT2D eigenvalue weighted by molar-refractivity contribution is 6.05. The number of carbonyl (C=O) groups is 2. The second-order valence-corrected chi connectivity index (χ2v) is 5.27. The van der Waals surface area contributed by atoms with Crippen molar-refractivity contribution in [3.8, 4) is 0 Å². The van der Waals surface area contributed by atoms with Gasteiger partial charge in [0.15, 0.2) is 5.69 Å². The quantitative estimate of drug-likeness (QED) is 0.821. The minimum Gasteiger partial charge on any atom is -0.464 e. The number of methoxy groups -OCH3 is 1. The van der Waals surface area contributed by atoms with Crippen molar-refractivity contribution in [3.63, 3.8) is 0 Å². The number of carbonyl (C=O) groups excluding carboxylic acids is 2. The summed E-state index contributed by atoms with van der Waals surface area (Å²) in [6, 6.07) is 0. The third-order valence-corrected chi connectivity index (χ3v) is 2.48. The summed E-state index contributed by atoms with van der Waals surface area (Å²) < 4.78 is 9.80. The molecule has 2 aromatic rings. The van der Waals surface area contributed by atoms with Crippen molar-refractivity contribution in [2.75, 3.05) is 12.4 Å². The summed E-state index contributed by atoms with van der Waals surface area (Å²) in [5, 5.41) is 2.57. The average molecular weight is 292 g/mol. The Bertz CT molecular complexity index is 687. The van der Waals surface area contributed by atoms with Gasteiger partial charge < -0.3 is 14.5 Å². The number of amides is 1. The predicted octanol–water partition coefficient (Wildman–Crippen LogP) is 2.09. The molecule has 2 heterocycles. The Morgan fingerprint density at radius 2 is 2.00 bits per heavy atom. The maximum absolute atomic E-state index is 11.8. The number of anilines is 1. The Morgan fingerprint density at radius 3 is 2.62 bits per heavy atom. The van der Waals surface area contributed by atoms with Crippen molar-refractivity contribution < 1.29 is 19.1 Å². The number of rotatable bonds is 2. The number of esters is 1. The fourth-order valence-corrected chi connectivity index (χ4v) is 1.70. The number of H-pyrrole nitrogens is 1. The maximum Gasteiger partial charge on any atom is 0.412 e. The van der Waals surface area contributed by atoms with Crippen LogP contribution in [0.4, 0.5) is 10.5 Å². The second kappa shape index (κ2) is 5.39. The molecule has 0 spiro atoms. The molecule has 0 unspecified atom stereocenters. The molecule has 0 aliphatic carbocycles. The fraction of sp³-hybridized carbons (Fsp3) is 0.385. The minimum absolute atomic E-state index is 0.0970. The van der Waals surface area contributed by atoms with E-state index in [4.69, 9.17) is 4.74 Å². The summed E-state index contributed by atoms with van der Waals surface area (Å²) >= 11 is 0. The third-order valence-electron chi connectivity index (χ3n) is 2.48. The number of aromatic amines is 1. The Kier molecular flexibility index (Phi) is 3.79. The standard InChI is InChI=1S/C13H16N4O4/c1-13(2,3)21-12(19)17-7-5-14-9-8(7)15-6-16-10(9)11(18)20-4/h5-6,14H,1-4H3,(H,17,19). The molecule has 2 N–H and O–H groups in total. The van der Waals surface area contributed by atoms with Crippen LogP contribution in [0, 0.1) is 0 Å². The largest absolute Gasteiger partial charge is 0.464 e. The lowest BCUT2D eigenvalue weighted by Gasteiger charge is -2.19. The number of nitrogens with zero attached hydrogens (tertiary/aromatic N) is 2. The van der Waals surface area contributed by atoms with E-state index in [0.717, 1.165) is 0 Å². The molecule has 0 aromatic carbocycles. The van der Waals surface area contributed by atoms with Gasteiger partial charge in [-0.15, -0.1) is 0 Å². The molecule has 8 nitrogen and oxygen atoms in total. The monoisotopic (exact) mass is 292 g/mol. The molecular formula is C13H16N4O4. The summed E-state index contributed by atoms with van der Waals surface area (Å²) in [6.45, 7) is 5.29. The van der Waals surface area contributed by atoms with Gasteiger partial charge in [-0.3, -0.25) is 5.32 Å². The van der Waals surface area contributed by atoms with E-state index < -0.39 is 17.7 Å². The number of ether oxygens (including phenoxy) is 2. The molecule has 0 atom stereocenters. The molecule has 21 heavy (non-hydrogen) atoms. The van der Waals surface area contributed by atoms with E-state index in [1.165, 1.54) is 19.6 Å². The van der Waals surface area contributed by atoms with Gasteiger partial charge >= 0.3 is 12.1 Å². The van der Waals surface area contributed by atoms with E-state index in [9.17, 15) is 9.59 Å². The molecule has 0 saturated heterocycles. The van der Waals surface area contributed by atoms with Crippen LogP contribution in [-0.2, 0) is 9.47 Å². The molecule has 2 aromatic heterocycles. The number of aromatic nitrogens is 3. The smallest absolute Gasteiger partial charge is 0.412 e. The van der Waals surface area contributed by atoms with Crippen LogP contribution < -0.4 is 5.32 Å². The predicted molar refractivity (Wildman–Crippen MR) is 75.1 cm³/mol. The van der Waals surface area contributed by atoms with E-state index in [2.05, 4.69) is 25.0 Å². The minimum atomic E-state index is -0.610. The van der Waals surface area contributed by atoms with Crippen molar-refractivity contribution >= 4 is 28.8 Å². The molecule has 0 saturated carbocycles. The van der Waals surface area contributed by atoms with Crippen LogP contribution in [0.25, 0.3) is 11.0 Å². The molecule has 2 rings (SSSR count). The number of hydrogen-bond donors (Lipinski definition) is 2. The summed E-state index contributed by atoms with van der Waals surface area (Å²) in [5.74, 6) is -0.590. The van der Waals surface area contributed by atoms with Gasteiger partial charge in [0.1, 0.15) is 23.0 Å². The molecule has 0 aliphatic rings. The zero-order valence-corrected chi connectivity index (χ0v) is 12.2. The van der Waals surface area contributed by atoms with Gasteiger partial charge in [-0.2, -0.15) is 0 Å². The average Bonchev–Trinajstić information content (AvgIpc) is 2.79. The molecular weight excluding hydrogens is 276 g/mol. The van der Waals surface area contributed by atoms with E-state index in [1.54, 1.807) is 20.8 Å². The van der Waals surface area contributed by atoms with E-state index in [0.29, 0.717) is 16.7 Å². The highest BCUT2D eigenvalue weighted by Gasteiger charge is 2.20. The first-order chi connectivity index (χ1) is 9.81. The third kappa shape index (κ3) is 3.28. The van der Waals surface area contributed by atoms with Crippen LogP contribution in [0.3, 0.4) is 0 Å². The van der Waals surface area contributed by atoms with Crippen LogP contribution in [0.2, 0.25) is 0 Å².